The van der Waals surface area contributed by atoms with Gasteiger partial charge in [-0.1, -0.05) is 6.07 Å². The molecular formula is C17H19N5O3. The number of hydrogen-bond donors (Lipinski definition) is 2. The lowest BCUT2D eigenvalue weighted by Crippen LogP contribution is -2.41. The van der Waals surface area contributed by atoms with Crippen molar-refractivity contribution in [2.45, 2.75) is 6.92 Å². The third-order valence-corrected chi connectivity index (χ3v) is 3.61. The highest BCUT2D eigenvalue weighted by molar-refractivity contribution is 5.92. The Bertz CT molecular complexity index is 774. The Morgan fingerprint density at radius 2 is 1.92 bits per heavy atom. The Labute approximate surface area is 145 Å². The first-order chi connectivity index (χ1) is 12.1. The molecule has 0 radical (unpaired) electrons. The van der Waals surface area contributed by atoms with Gasteiger partial charge >= 0.3 is 0 Å². The van der Waals surface area contributed by atoms with Crippen molar-refractivity contribution in [2.24, 2.45) is 0 Å². The van der Waals surface area contributed by atoms with E-state index in [-0.39, 0.29) is 11.8 Å². The Hall–Kier alpha value is -3.00. The Morgan fingerprint density at radius 1 is 1.16 bits per heavy atom. The van der Waals surface area contributed by atoms with Crippen molar-refractivity contribution in [1.29, 1.82) is 0 Å². The molecule has 2 aromatic rings. The summed E-state index contributed by atoms with van der Waals surface area (Å²) in [6, 6.07) is 8.77. The van der Waals surface area contributed by atoms with Gasteiger partial charge in [-0.2, -0.15) is 0 Å². The van der Waals surface area contributed by atoms with Crippen LogP contribution in [0.1, 0.15) is 17.4 Å². The molecule has 1 fully saturated rings. The number of benzene rings is 1. The maximum Gasteiger partial charge on any atom is 0.272 e. The standard InChI is InChI=1S/C17H19N5O3/c1-12(23)19-13-3-2-4-14(11-13)20-17-18-6-5-15(21-17)16(24)22-7-9-25-10-8-22/h2-6,11H,7-10H2,1H3,(H,19,23)(H,18,20,21). The van der Waals surface area contributed by atoms with Crippen molar-refractivity contribution in [3.05, 3.63) is 42.2 Å². The molecule has 0 atom stereocenters. The number of hydrogen-bond acceptors (Lipinski definition) is 6. The van der Waals surface area contributed by atoms with Crippen LogP contribution in [0.15, 0.2) is 36.5 Å². The second kappa shape index (κ2) is 7.71. The number of carbonyl (C=O) groups excluding carboxylic acids is 2. The van der Waals surface area contributed by atoms with E-state index in [1.165, 1.54) is 6.92 Å². The van der Waals surface area contributed by atoms with Gasteiger partial charge in [-0.25, -0.2) is 9.97 Å². The van der Waals surface area contributed by atoms with Crippen LogP contribution >= 0.6 is 0 Å². The number of aromatic nitrogens is 2. The summed E-state index contributed by atoms with van der Waals surface area (Å²) in [5.74, 6) is 0.0336. The first-order valence-corrected chi connectivity index (χ1v) is 7.96. The first-order valence-electron chi connectivity index (χ1n) is 7.96. The fourth-order valence-corrected chi connectivity index (χ4v) is 2.47. The van der Waals surface area contributed by atoms with E-state index < -0.39 is 0 Å². The molecule has 0 spiro atoms. The van der Waals surface area contributed by atoms with Gasteiger partial charge < -0.3 is 20.3 Å². The van der Waals surface area contributed by atoms with Crippen LogP contribution < -0.4 is 10.6 Å². The van der Waals surface area contributed by atoms with Crippen LogP contribution in [0.25, 0.3) is 0 Å². The molecule has 1 aliphatic heterocycles. The highest BCUT2D eigenvalue weighted by atomic mass is 16.5. The number of morpholine rings is 1. The third-order valence-electron chi connectivity index (χ3n) is 3.61. The fraction of sp³-hybridized carbons (Fsp3) is 0.294. The monoisotopic (exact) mass is 341 g/mol. The van der Waals surface area contributed by atoms with E-state index in [1.807, 2.05) is 6.07 Å². The summed E-state index contributed by atoms with van der Waals surface area (Å²) < 4.78 is 5.26. The zero-order valence-electron chi connectivity index (χ0n) is 13.9. The van der Waals surface area contributed by atoms with Crippen LogP contribution in [0.5, 0.6) is 0 Å². The summed E-state index contributed by atoms with van der Waals surface area (Å²) in [5, 5.41) is 5.76. The lowest BCUT2D eigenvalue weighted by molar-refractivity contribution is -0.114. The SMILES string of the molecule is CC(=O)Nc1cccc(Nc2nccc(C(=O)N3CCOCC3)n2)c1. The summed E-state index contributed by atoms with van der Waals surface area (Å²) in [6.07, 6.45) is 1.54. The first kappa shape index (κ1) is 16.8. The number of nitrogens with zero attached hydrogens (tertiary/aromatic N) is 3. The zero-order chi connectivity index (χ0) is 17.6. The molecule has 2 amide bonds. The van der Waals surface area contributed by atoms with Gasteiger partial charge in [0.1, 0.15) is 5.69 Å². The van der Waals surface area contributed by atoms with Gasteiger partial charge in [0.15, 0.2) is 0 Å². The lowest BCUT2D eigenvalue weighted by atomic mass is 10.2. The fourth-order valence-electron chi connectivity index (χ4n) is 2.47. The summed E-state index contributed by atoms with van der Waals surface area (Å²) in [6.45, 7) is 3.65. The summed E-state index contributed by atoms with van der Waals surface area (Å²) in [5.41, 5.74) is 1.71. The molecule has 2 heterocycles. The van der Waals surface area contributed by atoms with Crippen LogP contribution in [0, 0.1) is 0 Å². The van der Waals surface area contributed by atoms with Gasteiger partial charge in [-0.05, 0) is 24.3 Å². The molecule has 0 aliphatic carbocycles. The van der Waals surface area contributed by atoms with Gasteiger partial charge in [-0.15, -0.1) is 0 Å². The van der Waals surface area contributed by atoms with Crippen molar-refractivity contribution >= 4 is 29.1 Å². The maximum absolute atomic E-state index is 12.5. The largest absolute Gasteiger partial charge is 0.378 e. The minimum absolute atomic E-state index is 0.138. The topological polar surface area (TPSA) is 96.5 Å². The van der Waals surface area contributed by atoms with Crippen LogP contribution in [0.2, 0.25) is 0 Å². The van der Waals surface area contributed by atoms with Gasteiger partial charge in [-0.3, -0.25) is 9.59 Å². The van der Waals surface area contributed by atoms with E-state index in [2.05, 4.69) is 20.6 Å². The molecule has 0 saturated carbocycles. The van der Waals surface area contributed by atoms with Crippen molar-refractivity contribution in [2.75, 3.05) is 36.9 Å². The van der Waals surface area contributed by atoms with Crippen LogP contribution in [-0.4, -0.2) is 53.0 Å². The van der Waals surface area contributed by atoms with Crippen molar-refractivity contribution in [3.63, 3.8) is 0 Å². The second-order valence-corrected chi connectivity index (χ2v) is 5.56. The average molecular weight is 341 g/mol. The number of amides is 2. The summed E-state index contributed by atoms with van der Waals surface area (Å²) >= 11 is 0. The van der Waals surface area contributed by atoms with E-state index in [4.69, 9.17) is 4.74 Å². The molecular weight excluding hydrogens is 322 g/mol. The summed E-state index contributed by atoms with van der Waals surface area (Å²) in [4.78, 5) is 33.8. The highest BCUT2D eigenvalue weighted by Gasteiger charge is 2.20. The van der Waals surface area contributed by atoms with E-state index in [9.17, 15) is 9.59 Å². The van der Waals surface area contributed by atoms with Crippen LogP contribution in [-0.2, 0) is 9.53 Å². The minimum Gasteiger partial charge on any atom is -0.378 e. The number of ether oxygens (including phenoxy) is 1. The maximum atomic E-state index is 12.5. The predicted molar refractivity (Wildman–Crippen MR) is 92.8 cm³/mol. The molecule has 1 aromatic carbocycles. The molecule has 1 saturated heterocycles. The number of nitrogens with one attached hydrogen (secondary N) is 2. The Morgan fingerprint density at radius 3 is 2.68 bits per heavy atom. The number of rotatable bonds is 4. The molecule has 0 bridgehead atoms. The molecule has 8 heteroatoms. The van der Waals surface area contributed by atoms with Crippen molar-refractivity contribution in [3.8, 4) is 0 Å². The molecule has 25 heavy (non-hydrogen) atoms. The van der Waals surface area contributed by atoms with Crippen LogP contribution in [0.4, 0.5) is 17.3 Å². The summed E-state index contributed by atoms with van der Waals surface area (Å²) in [7, 11) is 0. The van der Waals surface area contributed by atoms with E-state index in [0.29, 0.717) is 49.3 Å². The van der Waals surface area contributed by atoms with Crippen molar-refractivity contribution in [1.82, 2.24) is 14.9 Å². The van der Waals surface area contributed by atoms with E-state index in [1.54, 1.807) is 35.4 Å². The predicted octanol–water partition coefficient (Wildman–Crippen LogP) is 1.65. The normalized spacial score (nSPS) is 14.0. The molecule has 130 valence electrons. The molecule has 1 aromatic heterocycles. The third kappa shape index (κ3) is 4.51. The number of anilines is 3. The quantitative estimate of drug-likeness (QED) is 0.878. The zero-order valence-corrected chi connectivity index (χ0v) is 13.9. The van der Waals surface area contributed by atoms with Gasteiger partial charge in [0, 0.05) is 37.6 Å². The Kier molecular flexibility index (Phi) is 5.20. The van der Waals surface area contributed by atoms with Gasteiger partial charge in [0.05, 0.1) is 13.2 Å². The van der Waals surface area contributed by atoms with Crippen molar-refractivity contribution < 1.29 is 14.3 Å². The smallest absolute Gasteiger partial charge is 0.272 e. The second-order valence-electron chi connectivity index (χ2n) is 5.56. The molecule has 8 nitrogen and oxygen atoms in total. The molecule has 0 unspecified atom stereocenters. The average Bonchev–Trinajstić information content (AvgIpc) is 2.62. The van der Waals surface area contributed by atoms with E-state index in [0.717, 1.165) is 0 Å². The molecule has 1 aliphatic rings. The number of carbonyl (C=O) groups is 2. The van der Waals surface area contributed by atoms with Gasteiger partial charge in [0.25, 0.3) is 5.91 Å². The van der Waals surface area contributed by atoms with Crippen LogP contribution in [0.3, 0.4) is 0 Å². The molecule has 3 rings (SSSR count). The lowest BCUT2D eigenvalue weighted by Gasteiger charge is -2.26. The molecule has 2 N–H and O–H groups in total. The minimum atomic E-state index is -0.147. The highest BCUT2D eigenvalue weighted by Crippen LogP contribution is 2.18. The van der Waals surface area contributed by atoms with Gasteiger partial charge in [0.2, 0.25) is 11.9 Å². The Balaban J connectivity index is 1.73. The van der Waals surface area contributed by atoms with E-state index >= 15 is 0 Å².